The largest absolute Gasteiger partial charge is 0.394 e. The number of nitrogens with one attached hydrogen (secondary N) is 3. The van der Waals surface area contributed by atoms with E-state index in [1.807, 2.05) is 36.4 Å². The fourth-order valence-electron chi connectivity index (χ4n) is 3.47. The topological polar surface area (TPSA) is 113 Å². The van der Waals surface area contributed by atoms with Crippen LogP contribution in [0.4, 0.5) is 10.5 Å². The Kier molecular flexibility index (Phi) is 8.17. The fourth-order valence-corrected chi connectivity index (χ4v) is 3.47. The number of aliphatic hydroxyl groups is 1. The van der Waals surface area contributed by atoms with Gasteiger partial charge >= 0.3 is 6.03 Å². The Bertz CT molecular complexity index is 803. The summed E-state index contributed by atoms with van der Waals surface area (Å²) in [4.78, 5) is 28.4. The Morgan fingerprint density at radius 3 is 2.63 bits per heavy atom. The summed E-state index contributed by atoms with van der Waals surface area (Å²) < 4.78 is 5.94. The first-order valence-corrected chi connectivity index (χ1v) is 10.2. The highest BCUT2D eigenvalue weighted by Crippen LogP contribution is 2.22. The number of anilines is 1. The van der Waals surface area contributed by atoms with E-state index in [0.29, 0.717) is 25.1 Å². The summed E-state index contributed by atoms with van der Waals surface area (Å²) in [6, 6.07) is 14.1. The van der Waals surface area contributed by atoms with Crippen molar-refractivity contribution in [1.82, 2.24) is 15.6 Å². The minimum atomic E-state index is -0.477. The van der Waals surface area contributed by atoms with Crippen LogP contribution in [0, 0.1) is 0 Å². The third-order valence-electron chi connectivity index (χ3n) is 5.00. The lowest BCUT2D eigenvalue weighted by molar-refractivity contribution is -0.121. The van der Waals surface area contributed by atoms with Crippen molar-refractivity contribution in [1.29, 1.82) is 0 Å². The van der Waals surface area contributed by atoms with Crippen molar-refractivity contribution in [3.05, 3.63) is 60.4 Å². The number of para-hydroxylation sites is 1. The Morgan fingerprint density at radius 2 is 1.90 bits per heavy atom. The SMILES string of the molecule is O=C(Cc1ccccn1)NCC[C@@H]1CC[C@H](NC(=O)Nc2ccccc2)[C@H](CO)O1. The Morgan fingerprint density at radius 1 is 1.10 bits per heavy atom. The zero-order valence-electron chi connectivity index (χ0n) is 16.8. The van der Waals surface area contributed by atoms with Crippen molar-refractivity contribution < 1.29 is 19.4 Å². The summed E-state index contributed by atoms with van der Waals surface area (Å²) in [6.07, 6.45) is 3.43. The van der Waals surface area contributed by atoms with Crippen LogP contribution in [0.3, 0.4) is 0 Å². The minimum Gasteiger partial charge on any atom is -0.394 e. The molecular formula is C22H28N4O4. The number of nitrogens with zero attached hydrogens (tertiary/aromatic N) is 1. The number of hydrogen-bond donors (Lipinski definition) is 4. The molecule has 3 rings (SSSR count). The smallest absolute Gasteiger partial charge is 0.319 e. The first-order valence-electron chi connectivity index (χ1n) is 10.2. The Labute approximate surface area is 176 Å². The molecule has 3 amide bonds. The van der Waals surface area contributed by atoms with Crippen molar-refractivity contribution in [3.8, 4) is 0 Å². The number of aromatic nitrogens is 1. The number of ether oxygens (including phenoxy) is 1. The van der Waals surface area contributed by atoms with E-state index in [2.05, 4.69) is 20.9 Å². The van der Waals surface area contributed by atoms with E-state index >= 15 is 0 Å². The summed E-state index contributed by atoms with van der Waals surface area (Å²) in [7, 11) is 0. The van der Waals surface area contributed by atoms with Crippen LogP contribution in [-0.2, 0) is 16.0 Å². The lowest BCUT2D eigenvalue weighted by atomic mass is 9.97. The predicted molar refractivity (Wildman–Crippen MR) is 113 cm³/mol. The van der Waals surface area contributed by atoms with Crippen LogP contribution >= 0.6 is 0 Å². The van der Waals surface area contributed by atoms with Gasteiger partial charge in [0.25, 0.3) is 0 Å². The number of carbonyl (C=O) groups is 2. The number of pyridine rings is 1. The molecule has 1 fully saturated rings. The lowest BCUT2D eigenvalue weighted by Gasteiger charge is -2.36. The molecule has 2 aromatic rings. The van der Waals surface area contributed by atoms with Crippen LogP contribution in [-0.4, -0.2) is 53.4 Å². The van der Waals surface area contributed by atoms with Gasteiger partial charge in [0, 0.05) is 24.1 Å². The van der Waals surface area contributed by atoms with E-state index < -0.39 is 6.10 Å². The van der Waals surface area contributed by atoms with Gasteiger partial charge in [0.2, 0.25) is 5.91 Å². The van der Waals surface area contributed by atoms with Gasteiger partial charge in [0.15, 0.2) is 0 Å². The molecule has 1 saturated heterocycles. The molecule has 3 atom stereocenters. The molecule has 0 bridgehead atoms. The van der Waals surface area contributed by atoms with Gasteiger partial charge in [-0.25, -0.2) is 4.79 Å². The van der Waals surface area contributed by atoms with Crippen molar-refractivity contribution in [2.75, 3.05) is 18.5 Å². The molecule has 4 N–H and O–H groups in total. The van der Waals surface area contributed by atoms with Crippen molar-refractivity contribution in [2.45, 2.75) is 43.9 Å². The molecule has 1 aliphatic rings. The maximum Gasteiger partial charge on any atom is 0.319 e. The van der Waals surface area contributed by atoms with Gasteiger partial charge in [0.1, 0.15) is 6.10 Å². The maximum atomic E-state index is 12.2. The number of aliphatic hydroxyl groups excluding tert-OH is 1. The molecule has 8 heteroatoms. The zero-order valence-corrected chi connectivity index (χ0v) is 16.8. The number of benzene rings is 1. The molecule has 1 aliphatic heterocycles. The molecule has 160 valence electrons. The van der Waals surface area contributed by atoms with Crippen LogP contribution in [0.1, 0.15) is 25.0 Å². The number of rotatable bonds is 8. The third-order valence-corrected chi connectivity index (χ3v) is 5.00. The second-order valence-electron chi connectivity index (χ2n) is 7.26. The molecule has 1 aromatic heterocycles. The van der Waals surface area contributed by atoms with Gasteiger partial charge in [-0.3, -0.25) is 9.78 Å². The maximum absolute atomic E-state index is 12.2. The summed E-state index contributed by atoms with van der Waals surface area (Å²) >= 11 is 0. The van der Waals surface area contributed by atoms with Crippen molar-refractivity contribution in [2.24, 2.45) is 0 Å². The van der Waals surface area contributed by atoms with Crippen LogP contribution < -0.4 is 16.0 Å². The summed E-state index contributed by atoms with van der Waals surface area (Å²) in [5, 5.41) is 18.2. The van der Waals surface area contributed by atoms with Crippen molar-refractivity contribution in [3.63, 3.8) is 0 Å². The normalized spacial score (nSPS) is 20.9. The van der Waals surface area contributed by atoms with Crippen LogP contribution in [0.2, 0.25) is 0 Å². The second kappa shape index (κ2) is 11.3. The van der Waals surface area contributed by atoms with Gasteiger partial charge in [0.05, 0.1) is 25.2 Å². The Balaban J connectivity index is 1.38. The average molecular weight is 412 g/mol. The van der Waals surface area contributed by atoms with E-state index in [1.54, 1.807) is 18.3 Å². The van der Waals surface area contributed by atoms with E-state index in [4.69, 9.17) is 4.74 Å². The monoisotopic (exact) mass is 412 g/mol. The van der Waals surface area contributed by atoms with E-state index in [9.17, 15) is 14.7 Å². The van der Waals surface area contributed by atoms with Crippen LogP contribution in [0.5, 0.6) is 0 Å². The molecule has 0 saturated carbocycles. The number of carbonyl (C=O) groups excluding carboxylic acids is 2. The molecule has 0 aliphatic carbocycles. The highest BCUT2D eigenvalue weighted by Gasteiger charge is 2.31. The molecule has 30 heavy (non-hydrogen) atoms. The second-order valence-corrected chi connectivity index (χ2v) is 7.26. The number of hydrogen-bond acceptors (Lipinski definition) is 5. The quantitative estimate of drug-likeness (QED) is 0.529. The predicted octanol–water partition coefficient (Wildman–Crippen LogP) is 1.86. The number of urea groups is 1. The van der Waals surface area contributed by atoms with E-state index in [0.717, 1.165) is 12.1 Å². The third kappa shape index (κ3) is 6.82. The summed E-state index contributed by atoms with van der Waals surface area (Å²) in [5.74, 6) is -0.0830. The zero-order chi connectivity index (χ0) is 21.2. The highest BCUT2D eigenvalue weighted by molar-refractivity contribution is 5.89. The van der Waals surface area contributed by atoms with Gasteiger partial charge in [-0.2, -0.15) is 0 Å². The van der Waals surface area contributed by atoms with Crippen LogP contribution in [0.25, 0.3) is 0 Å². The van der Waals surface area contributed by atoms with E-state index in [-0.39, 0.29) is 37.1 Å². The average Bonchev–Trinajstić information content (AvgIpc) is 2.76. The molecular weight excluding hydrogens is 384 g/mol. The molecule has 2 heterocycles. The summed E-state index contributed by atoms with van der Waals surface area (Å²) in [6.45, 7) is 0.305. The molecule has 0 radical (unpaired) electrons. The van der Waals surface area contributed by atoms with Gasteiger partial charge in [-0.15, -0.1) is 0 Å². The molecule has 0 unspecified atom stereocenters. The molecule has 8 nitrogen and oxygen atoms in total. The summed E-state index contributed by atoms with van der Waals surface area (Å²) in [5.41, 5.74) is 1.43. The Hall–Kier alpha value is -2.97. The van der Waals surface area contributed by atoms with Gasteiger partial charge < -0.3 is 25.8 Å². The van der Waals surface area contributed by atoms with Crippen LogP contribution in [0.15, 0.2) is 54.7 Å². The molecule has 0 spiro atoms. The highest BCUT2D eigenvalue weighted by atomic mass is 16.5. The molecule has 1 aromatic carbocycles. The van der Waals surface area contributed by atoms with Crippen molar-refractivity contribution >= 4 is 17.6 Å². The number of amides is 3. The minimum absolute atomic E-state index is 0.0764. The van der Waals surface area contributed by atoms with Gasteiger partial charge in [-0.1, -0.05) is 24.3 Å². The van der Waals surface area contributed by atoms with Gasteiger partial charge in [-0.05, 0) is 43.5 Å². The first-order chi connectivity index (χ1) is 14.6. The first kappa shape index (κ1) is 21.7. The lowest BCUT2D eigenvalue weighted by Crippen LogP contribution is -2.52. The fraction of sp³-hybridized carbons (Fsp3) is 0.409. The van der Waals surface area contributed by atoms with E-state index in [1.165, 1.54) is 0 Å². The standard InChI is InChI=1S/C22H28N4O4/c27-15-20-19(26-22(29)25-16-6-2-1-3-7-16)10-9-18(30-20)11-13-24-21(28)14-17-8-4-5-12-23-17/h1-8,12,18-20,27H,9-11,13-15H2,(H,24,28)(H2,25,26,29)/t18-,19-,20-/m0/s1.